The Hall–Kier alpha value is -0.700. The van der Waals surface area contributed by atoms with Crippen molar-refractivity contribution in [3.8, 4) is 0 Å². The van der Waals surface area contributed by atoms with Crippen LogP contribution in [-0.4, -0.2) is 25.7 Å². The van der Waals surface area contributed by atoms with Crippen LogP contribution in [0, 0.1) is 5.82 Å². The molecule has 0 spiro atoms. The highest BCUT2D eigenvalue weighted by molar-refractivity contribution is 9.10. The van der Waals surface area contributed by atoms with E-state index in [4.69, 9.17) is 5.73 Å². The van der Waals surface area contributed by atoms with Gasteiger partial charge < -0.3 is 10.8 Å². The molecule has 0 saturated heterocycles. The molecule has 0 aromatic heterocycles. The molecule has 19 heavy (non-hydrogen) atoms. The number of hydrogen-bond donors (Lipinski definition) is 3. The molecule has 0 radical (unpaired) electrons. The summed E-state index contributed by atoms with van der Waals surface area (Å²) in [6, 6.07) is 2.03. The fourth-order valence-corrected chi connectivity index (χ4v) is 3.87. The summed E-state index contributed by atoms with van der Waals surface area (Å²) in [5, 5.41) is 9.24. The van der Waals surface area contributed by atoms with E-state index in [1.807, 2.05) is 0 Å². The molecule has 5 nitrogen and oxygen atoms in total. The fourth-order valence-electron chi connectivity index (χ4n) is 1.35. The number of nitrogens with two attached hydrogens (primary N) is 1. The van der Waals surface area contributed by atoms with Gasteiger partial charge in [0.05, 0.1) is 22.7 Å². The zero-order chi connectivity index (χ0) is 14.8. The highest BCUT2D eigenvalue weighted by atomic mass is 79.9. The second kappa shape index (κ2) is 5.74. The van der Waals surface area contributed by atoms with Crippen LogP contribution >= 0.6 is 15.9 Å². The third kappa shape index (κ3) is 3.65. The van der Waals surface area contributed by atoms with Crippen LogP contribution < -0.4 is 10.5 Å². The molecule has 0 fully saturated rings. The molecule has 0 aliphatic rings. The summed E-state index contributed by atoms with van der Waals surface area (Å²) in [5.74, 6) is -0.703. The molecule has 8 heteroatoms. The topological polar surface area (TPSA) is 92.4 Å². The maximum absolute atomic E-state index is 13.2. The lowest BCUT2D eigenvalue weighted by atomic mass is 10.0. The first-order valence-corrected chi connectivity index (χ1v) is 7.82. The van der Waals surface area contributed by atoms with Crippen LogP contribution in [0.4, 0.5) is 10.1 Å². The van der Waals surface area contributed by atoms with Gasteiger partial charge in [0.1, 0.15) is 5.82 Å². The van der Waals surface area contributed by atoms with Gasteiger partial charge in [0, 0.05) is 4.47 Å². The van der Waals surface area contributed by atoms with E-state index in [0.717, 1.165) is 12.1 Å². The number of halogens is 2. The maximum Gasteiger partial charge on any atom is 0.242 e. The number of benzene rings is 1. The van der Waals surface area contributed by atoms with Crippen LogP contribution in [0.5, 0.6) is 0 Å². The molecular weight excluding hydrogens is 339 g/mol. The van der Waals surface area contributed by atoms with Crippen LogP contribution in [0.2, 0.25) is 0 Å². The third-order valence-electron chi connectivity index (χ3n) is 2.85. The smallest absolute Gasteiger partial charge is 0.242 e. The van der Waals surface area contributed by atoms with Crippen molar-refractivity contribution in [2.24, 2.45) is 0 Å². The monoisotopic (exact) mass is 354 g/mol. The molecule has 0 heterocycles. The quantitative estimate of drug-likeness (QED) is 0.700. The number of aliphatic hydroxyl groups excluding tert-OH is 1. The largest absolute Gasteiger partial charge is 0.396 e. The first kappa shape index (κ1) is 16.4. The van der Waals surface area contributed by atoms with Crippen molar-refractivity contribution in [1.29, 1.82) is 0 Å². The predicted octanol–water partition coefficient (Wildman–Crippen LogP) is 1.61. The Balaban J connectivity index is 3.25. The van der Waals surface area contributed by atoms with Crippen molar-refractivity contribution in [3.63, 3.8) is 0 Å². The van der Waals surface area contributed by atoms with E-state index in [2.05, 4.69) is 20.7 Å². The lowest BCUT2D eigenvalue weighted by Crippen LogP contribution is -2.48. The van der Waals surface area contributed by atoms with Crippen LogP contribution in [0.1, 0.15) is 20.3 Å². The minimum Gasteiger partial charge on any atom is -0.396 e. The molecular formula is C11H16BrFN2O3S. The van der Waals surface area contributed by atoms with Gasteiger partial charge >= 0.3 is 0 Å². The summed E-state index contributed by atoms with van der Waals surface area (Å²) in [6.45, 7) is 2.97. The summed E-state index contributed by atoms with van der Waals surface area (Å²) in [5.41, 5.74) is 4.13. The zero-order valence-corrected chi connectivity index (χ0v) is 13.0. The van der Waals surface area contributed by atoms with Gasteiger partial charge in [-0.1, -0.05) is 6.92 Å². The van der Waals surface area contributed by atoms with E-state index in [-0.39, 0.29) is 21.7 Å². The highest BCUT2D eigenvalue weighted by Gasteiger charge is 2.30. The van der Waals surface area contributed by atoms with Crippen molar-refractivity contribution in [3.05, 3.63) is 22.4 Å². The van der Waals surface area contributed by atoms with Crippen molar-refractivity contribution < 1.29 is 17.9 Å². The number of hydrogen-bond acceptors (Lipinski definition) is 4. The van der Waals surface area contributed by atoms with E-state index in [1.165, 1.54) is 0 Å². The van der Waals surface area contributed by atoms with Crippen molar-refractivity contribution in [1.82, 2.24) is 4.72 Å². The number of nitrogen functional groups attached to an aromatic ring is 1. The maximum atomic E-state index is 13.2. The van der Waals surface area contributed by atoms with Crippen molar-refractivity contribution in [2.75, 3.05) is 12.3 Å². The Morgan fingerprint density at radius 1 is 1.53 bits per heavy atom. The van der Waals surface area contributed by atoms with Crippen LogP contribution in [0.3, 0.4) is 0 Å². The summed E-state index contributed by atoms with van der Waals surface area (Å²) < 4.78 is 40.1. The normalized spacial score (nSPS) is 15.2. The summed E-state index contributed by atoms with van der Waals surface area (Å²) in [7, 11) is -3.92. The van der Waals surface area contributed by atoms with Gasteiger partial charge in [-0.2, -0.15) is 0 Å². The molecule has 0 aliphatic heterocycles. The Kier molecular flexibility index (Phi) is 4.94. The number of anilines is 1. The fraction of sp³-hybridized carbons (Fsp3) is 0.455. The van der Waals surface area contributed by atoms with Gasteiger partial charge in [0.15, 0.2) is 0 Å². The van der Waals surface area contributed by atoms with E-state index in [9.17, 15) is 17.9 Å². The van der Waals surface area contributed by atoms with Crippen molar-refractivity contribution >= 4 is 31.6 Å². The predicted molar refractivity (Wildman–Crippen MR) is 74.6 cm³/mol. The molecule has 108 valence electrons. The number of nitrogens with one attached hydrogen (secondary N) is 1. The molecule has 0 bridgehead atoms. The molecule has 1 aromatic carbocycles. The minimum atomic E-state index is -3.92. The SMILES string of the molecule is CCC(C)(CO)NS(=O)(=O)c1cc(N)c(F)cc1Br. The second-order valence-corrected chi connectivity index (χ2v) is 6.99. The average molecular weight is 355 g/mol. The summed E-state index contributed by atoms with van der Waals surface area (Å²) in [4.78, 5) is -0.167. The van der Waals surface area contributed by atoms with Gasteiger partial charge in [-0.05, 0) is 41.4 Å². The molecule has 0 saturated carbocycles. The minimum absolute atomic E-state index is 0.0723. The zero-order valence-electron chi connectivity index (χ0n) is 10.6. The van der Waals surface area contributed by atoms with Gasteiger partial charge in [0.2, 0.25) is 10.0 Å². The van der Waals surface area contributed by atoms with Crippen molar-refractivity contribution in [2.45, 2.75) is 30.7 Å². The first-order valence-electron chi connectivity index (χ1n) is 5.54. The highest BCUT2D eigenvalue weighted by Crippen LogP contribution is 2.27. The van der Waals surface area contributed by atoms with Gasteiger partial charge in [0.25, 0.3) is 0 Å². The first-order chi connectivity index (χ1) is 8.65. The molecule has 1 aromatic rings. The van der Waals surface area contributed by atoms with Crippen LogP contribution in [0.15, 0.2) is 21.5 Å². The third-order valence-corrected chi connectivity index (χ3v) is 5.45. The van der Waals surface area contributed by atoms with Gasteiger partial charge in [-0.3, -0.25) is 0 Å². The number of aliphatic hydroxyl groups is 1. The number of rotatable bonds is 5. The van der Waals surface area contributed by atoms with E-state index < -0.39 is 21.4 Å². The number of sulfonamides is 1. The lowest BCUT2D eigenvalue weighted by molar-refractivity contribution is 0.191. The van der Waals surface area contributed by atoms with Crippen LogP contribution in [0.25, 0.3) is 0 Å². The average Bonchev–Trinajstić information content (AvgIpc) is 2.33. The standard InChI is InChI=1S/C11H16BrFN2O3S/c1-3-11(2,6-16)15-19(17,18)10-5-9(14)8(13)4-7(10)12/h4-5,15-16H,3,6,14H2,1-2H3. The Bertz CT molecular complexity index is 574. The molecule has 1 atom stereocenters. The van der Waals surface area contributed by atoms with Gasteiger partial charge in [-0.25, -0.2) is 17.5 Å². The van der Waals surface area contributed by atoms with E-state index >= 15 is 0 Å². The Morgan fingerprint density at radius 3 is 2.58 bits per heavy atom. The Morgan fingerprint density at radius 2 is 2.11 bits per heavy atom. The molecule has 0 aliphatic carbocycles. The molecule has 0 amide bonds. The van der Waals surface area contributed by atoms with Crippen LogP contribution in [-0.2, 0) is 10.0 Å². The van der Waals surface area contributed by atoms with E-state index in [1.54, 1.807) is 13.8 Å². The molecule has 1 rings (SSSR count). The second-order valence-electron chi connectivity index (χ2n) is 4.48. The summed E-state index contributed by atoms with van der Waals surface area (Å²) >= 11 is 2.99. The summed E-state index contributed by atoms with van der Waals surface area (Å²) in [6.07, 6.45) is 0.400. The van der Waals surface area contributed by atoms with E-state index in [0.29, 0.717) is 6.42 Å². The molecule has 1 unspecified atom stereocenters. The Labute approximate surface area is 120 Å². The van der Waals surface area contributed by atoms with Gasteiger partial charge in [-0.15, -0.1) is 0 Å². The molecule has 4 N–H and O–H groups in total. The lowest BCUT2D eigenvalue weighted by Gasteiger charge is -2.27.